The van der Waals surface area contributed by atoms with E-state index in [9.17, 15) is 0 Å². The number of hydrogen-bond acceptors (Lipinski definition) is 2. The third-order valence-electron chi connectivity index (χ3n) is 3.40. The van der Waals surface area contributed by atoms with Crippen molar-refractivity contribution in [2.24, 2.45) is 5.92 Å². The van der Waals surface area contributed by atoms with E-state index in [1.54, 1.807) is 0 Å². The molecule has 0 aromatic carbocycles. The lowest BCUT2D eigenvalue weighted by atomic mass is 10.0. The van der Waals surface area contributed by atoms with Gasteiger partial charge in [-0.25, -0.2) is 4.98 Å². The first-order chi connectivity index (χ1) is 7.68. The Morgan fingerprint density at radius 3 is 2.94 bits per heavy atom. The minimum absolute atomic E-state index is 0.525. The van der Waals surface area contributed by atoms with Gasteiger partial charge in [0.25, 0.3) is 0 Å². The lowest BCUT2D eigenvalue weighted by molar-refractivity contribution is 0.407. The number of nitrogens with zero attached hydrogens (tertiary/aromatic N) is 2. The van der Waals surface area contributed by atoms with Crippen LogP contribution in [-0.4, -0.2) is 16.1 Å². The van der Waals surface area contributed by atoms with E-state index >= 15 is 0 Å². The SMILES string of the molecule is CC(C)CC(C)n1cncc1C1CCCN1. The molecule has 0 bridgehead atoms. The van der Waals surface area contributed by atoms with Crippen molar-refractivity contribution in [3.63, 3.8) is 0 Å². The Bertz CT molecular complexity index is 324. The van der Waals surface area contributed by atoms with E-state index < -0.39 is 0 Å². The molecule has 1 aliphatic heterocycles. The number of nitrogens with one attached hydrogen (secondary N) is 1. The van der Waals surface area contributed by atoms with Crippen LogP contribution < -0.4 is 5.32 Å². The second-order valence-electron chi connectivity index (χ2n) is 5.35. The molecule has 16 heavy (non-hydrogen) atoms. The van der Waals surface area contributed by atoms with Crippen LogP contribution in [0.3, 0.4) is 0 Å². The summed E-state index contributed by atoms with van der Waals surface area (Å²) in [5.41, 5.74) is 1.37. The normalized spacial score (nSPS) is 22.9. The first-order valence-electron chi connectivity index (χ1n) is 6.43. The highest BCUT2D eigenvalue weighted by molar-refractivity contribution is 5.08. The van der Waals surface area contributed by atoms with Crippen LogP contribution in [0.1, 0.15) is 57.8 Å². The quantitative estimate of drug-likeness (QED) is 0.847. The van der Waals surface area contributed by atoms with Crippen molar-refractivity contribution in [1.82, 2.24) is 14.9 Å². The van der Waals surface area contributed by atoms with E-state index in [-0.39, 0.29) is 0 Å². The van der Waals surface area contributed by atoms with E-state index in [1.807, 2.05) is 12.5 Å². The van der Waals surface area contributed by atoms with Crippen molar-refractivity contribution < 1.29 is 0 Å². The van der Waals surface area contributed by atoms with Gasteiger partial charge < -0.3 is 9.88 Å². The van der Waals surface area contributed by atoms with Crippen LogP contribution in [0.2, 0.25) is 0 Å². The molecule has 1 aliphatic rings. The Kier molecular flexibility index (Phi) is 3.64. The zero-order valence-electron chi connectivity index (χ0n) is 10.6. The fourth-order valence-corrected chi connectivity index (χ4v) is 2.69. The van der Waals surface area contributed by atoms with Gasteiger partial charge in [-0.3, -0.25) is 0 Å². The van der Waals surface area contributed by atoms with Crippen LogP contribution in [0.4, 0.5) is 0 Å². The van der Waals surface area contributed by atoms with E-state index in [4.69, 9.17) is 0 Å². The fourth-order valence-electron chi connectivity index (χ4n) is 2.69. The van der Waals surface area contributed by atoms with Gasteiger partial charge in [-0.2, -0.15) is 0 Å². The van der Waals surface area contributed by atoms with Gasteiger partial charge in [0.05, 0.1) is 12.0 Å². The maximum Gasteiger partial charge on any atom is 0.0951 e. The molecule has 2 rings (SSSR count). The van der Waals surface area contributed by atoms with Crippen molar-refractivity contribution in [1.29, 1.82) is 0 Å². The number of imidazole rings is 1. The number of aromatic nitrogens is 2. The smallest absolute Gasteiger partial charge is 0.0951 e. The lowest BCUT2D eigenvalue weighted by Crippen LogP contribution is -2.19. The Morgan fingerprint density at radius 2 is 2.31 bits per heavy atom. The fraction of sp³-hybridized carbons (Fsp3) is 0.769. The Balaban J connectivity index is 2.11. The lowest BCUT2D eigenvalue weighted by Gasteiger charge is -2.21. The van der Waals surface area contributed by atoms with Gasteiger partial charge in [0.1, 0.15) is 0 Å². The zero-order chi connectivity index (χ0) is 11.5. The van der Waals surface area contributed by atoms with E-state index in [0.717, 1.165) is 12.5 Å². The third-order valence-corrected chi connectivity index (χ3v) is 3.40. The van der Waals surface area contributed by atoms with Gasteiger partial charge in [0.2, 0.25) is 0 Å². The highest BCUT2D eigenvalue weighted by Gasteiger charge is 2.21. The van der Waals surface area contributed by atoms with Crippen LogP contribution in [-0.2, 0) is 0 Å². The molecule has 0 amide bonds. The molecule has 1 fully saturated rings. The van der Waals surface area contributed by atoms with Gasteiger partial charge in [-0.15, -0.1) is 0 Å². The van der Waals surface area contributed by atoms with Crippen LogP contribution in [0.15, 0.2) is 12.5 Å². The first-order valence-corrected chi connectivity index (χ1v) is 6.43. The molecule has 1 aromatic rings. The molecular weight excluding hydrogens is 198 g/mol. The highest BCUT2D eigenvalue weighted by Crippen LogP contribution is 2.27. The predicted molar refractivity (Wildman–Crippen MR) is 66.4 cm³/mol. The molecule has 2 atom stereocenters. The Labute approximate surface area is 98.3 Å². The van der Waals surface area contributed by atoms with Crippen LogP contribution in [0.5, 0.6) is 0 Å². The average molecular weight is 221 g/mol. The second kappa shape index (κ2) is 5.00. The summed E-state index contributed by atoms with van der Waals surface area (Å²) in [6, 6.07) is 1.08. The number of rotatable bonds is 4. The highest BCUT2D eigenvalue weighted by atomic mass is 15.1. The van der Waals surface area contributed by atoms with Gasteiger partial charge in [-0.1, -0.05) is 13.8 Å². The van der Waals surface area contributed by atoms with Crippen LogP contribution in [0.25, 0.3) is 0 Å². The van der Waals surface area contributed by atoms with Gasteiger partial charge >= 0.3 is 0 Å². The summed E-state index contributed by atoms with van der Waals surface area (Å²) in [6.07, 6.45) is 7.77. The first kappa shape index (κ1) is 11.6. The van der Waals surface area contributed by atoms with E-state index in [1.165, 1.54) is 25.0 Å². The maximum absolute atomic E-state index is 4.32. The standard InChI is InChI=1S/C13H23N3/c1-10(2)7-11(3)16-9-14-8-13(16)12-5-4-6-15-12/h8-12,15H,4-7H2,1-3H3. The van der Waals surface area contributed by atoms with Crippen molar-refractivity contribution in [2.45, 2.75) is 52.1 Å². The van der Waals surface area contributed by atoms with E-state index in [2.05, 4.69) is 35.6 Å². The van der Waals surface area contributed by atoms with Gasteiger partial charge in [-0.05, 0) is 38.6 Å². The number of hydrogen-bond donors (Lipinski definition) is 1. The monoisotopic (exact) mass is 221 g/mol. The van der Waals surface area contributed by atoms with Crippen molar-refractivity contribution >= 4 is 0 Å². The van der Waals surface area contributed by atoms with Crippen molar-refractivity contribution in [3.8, 4) is 0 Å². The van der Waals surface area contributed by atoms with Crippen LogP contribution in [0, 0.1) is 5.92 Å². The zero-order valence-corrected chi connectivity index (χ0v) is 10.6. The molecule has 1 aromatic heterocycles. The molecule has 1 N–H and O–H groups in total. The molecule has 1 saturated heterocycles. The predicted octanol–water partition coefficient (Wildman–Crippen LogP) is 2.91. The summed E-state index contributed by atoms with van der Waals surface area (Å²) in [6.45, 7) is 8.00. The third kappa shape index (κ3) is 2.46. The summed E-state index contributed by atoms with van der Waals surface area (Å²) >= 11 is 0. The minimum atomic E-state index is 0.525. The molecule has 0 radical (unpaired) electrons. The molecule has 90 valence electrons. The largest absolute Gasteiger partial charge is 0.330 e. The summed E-state index contributed by atoms with van der Waals surface area (Å²) in [4.78, 5) is 4.32. The Morgan fingerprint density at radius 1 is 1.50 bits per heavy atom. The van der Waals surface area contributed by atoms with Crippen LogP contribution >= 0.6 is 0 Å². The molecule has 0 aliphatic carbocycles. The summed E-state index contributed by atoms with van der Waals surface area (Å²) < 4.78 is 2.35. The minimum Gasteiger partial charge on any atom is -0.330 e. The molecule has 2 heterocycles. The molecular formula is C13H23N3. The molecule has 3 nitrogen and oxygen atoms in total. The Hall–Kier alpha value is -0.830. The van der Waals surface area contributed by atoms with Gasteiger partial charge in [0.15, 0.2) is 0 Å². The average Bonchev–Trinajstić information content (AvgIpc) is 2.87. The topological polar surface area (TPSA) is 29.9 Å². The summed E-state index contributed by atoms with van der Waals surface area (Å²) in [5.74, 6) is 0.738. The summed E-state index contributed by atoms with van der Waals surface area (Å²) in [7, 11) is 0. The molecule has 2 unspecified atom stereocenters. The molecule has 3 heteroatoms. The van der Waals surface area contributed by atoms with Crippen molar-refractivity contribution in [2.75, 3.05) is 6.54 Å². The van der Waals surface area contributed by atoms with Gasteiger partial charge in [0, 0.05) is 18.3 Å². The summed E-state index contributed by atoms with van der Waals surface area (Å²) in [5, 5.41) is 3.55. The molecule has 0 saturated carbocycles. The van der Waals surface area contributed by atoms with E-state index in [0.29, 0.717) is 12.1 Å². The van der Waals surface area contributed by atoms with Crippen molar-refractivity contribution in [3.05, 3.63) is 18.2 Å². The maximum atomic E-state index is 4.32. The molecule has 0 spiro atoms. The second-order valence-corrected chi connectivity index (χ2v) is 5.35.